The fourth-order valence-electron chi connectivity index (χ4n) is 2.22. The molecule has 0 radical (unpaired) electrons. The summed E-state index contributed by atoms with van der Waals surface area (Å²) in [6, 6.07) is 0.385. The number of piperidine rings is 1. The zero-order chi connectivity index (χ0) is 9.80. The molecule has 0 bridgehead atoms. The molecule has 1 atom stereocenters. The summed E-state index contributed by atoms with van der Waals surface area (Å²) in [5.41, 5.74) is 0. The molecule has 1 saturated carbocycles. The highest BCUT2D eigenvalue weighted by atomic mass is 16.1. The van der Waals surface area contributed by atoms with Gasteiger partial charge < -0.3 is 10.6 Å². The Balaban J connectivity index is 1.64. The highest BCUT2D eigenvalue weighted by Gasteiger charge is 2.22. The number of amides is 1. The first kappa shape index (κ1) is 9.97. The van der Waals surface area contributed by atoms with Crippen LogP contribution in [-0.2, 0) is 4.79 Å². The van der Waals surface area contributed by atoms with Gasteiger partial charge in [-0.2, -0.15) is 0 Å². The molecule has 2 fully saturated rings. The van der Waals surface area contributed by atoms with Gasteiger partial charge in [0.2, 0.25) is 5.91 Å². The third-order valence-electron chi connectivity index (χ3n) is 3.36. The molecule has 2 rings (SSSR count). The maximum absolute atomic E-state index is 11.6. The van der Waals surface area contributed by atoms with E-state index >= 15 is 0 Å². The van der Waals surface area contributed by atoms with Crippen molar-refractivity contribution in [3.8, 4) is 0 Å². The fourth-order valence-corrected chi connectivity index (χ4v) is 2.22. The number of carbonyl (C=O) groups excluding carboxylic acids is 1. The quantitative estimate of drug-likeness (QED) is 0.708. The first-order valence-corrected chi connectivity index (χ1v) is 5.84. The van der Waals surface area contributed by atoms with Gasteiger partial charge in [-0.05, 0) is 38.1 Å². The lowest BCUT2D eigenvalue weighted by molar-refractivity contribution is -0.123. The molecule has 1 aliphatic heterocycles. The minimum Gasteiger partial charge on any atom is -0.352 e. The number of rotatable bonds is 3. The molecular weight excluding hydrogens is 176 g/mol. The van der Waals surface area contributed by atoms with Crippen molar-refractivity contribution in [3.63, 3.8) is 0 Å². The van der Waals surface area contributed by atoms with Crippen molar-refractivity contribution in [2.75, 3.05) is 13.1 Å². The molecule has 2 N–H and O–H groups in total. The van der Waals surface area contributed by atoms with Gasteiger partial charge in [0, 0.05) is 19.0 Å². The first-order valence-electron chi connectivity index (χ1n) is 5.84. The minimum atomic E-state index is 0.267. The number of nitrogens with one attached hydrogen (secondary N) is 2. The van der Waals surface area contributed by atoms with E-state index in [4.69, 9.17) is 0 Å². The van der Waals surface area contributed by atoms with Crippen molar-refractivity contribution in [2.45, 2.75) is 44.6 Å². The summed E-state index contributed by atoms with van der Waals surface area (Å²) in [7, 11) is 0. The summed E-state index contributed by atoms with van der Waals surface area (Å²) in [6.45, 7) is 2.06. The lowest BCUT2D eigenvalue weighted by atomic mass is 9.83. The second-order valence-electron chi connectivity index (χ2n) is 4.61. The Kier molecular flexibility index (Phi) is 3.40. The van der Waals surface area contributed by atoms with E-state index in [2.05, 4.69) is 10.6 Å². The molecule has 80 valence electrons. The van der Waals surface area contributed by atoms with Crippen LogP contribution in [0.4, 0.5) is 0 Å². The molecule has 3 nitrogen and oxygen atoms in total. The van der Waals surface area contributed by atoms with E-state index in [1.807, 2.05) is 0 Å². The molecule has 1 saturated heterocycles. The van der Waals surface area contributed by atoms with Gasteiger partial charge in [0.1, 0.15) is 0 Å². The zero-order valence-electron chi connectivity index (χ0n) is 8.72. The van der Waals surface area contributed by atoms with Crippen molar-refractivity contribution in [2.24, 2.45) is 5.92 Å². The molecule has 0 aromatic rings. The average molecular weight is 196 g/mol. The van der Waals surface area contributed by atoms with Gasteiger partial charge in [0.25, 0.3) is 0 Å². The second-order valence-corrected chi connectivity index (χ2v) is 4.61. The van der Waals surface area contributed by atoms with Crippen LogP contribution in [0.1, 0.15) is 38.5 Å². The summed E-state index contributed by atoms with van der Waals surface area (Å²) in [5.74, 6) is 0.954. The Labute approximate surface area is 85.6 Å². The molecule has 0 aromatic carbocycles. The molecule has 3 heteroatoms. The van der Waals surface area contributed by atoms with Gasteiger partial charge in [-0.1, -0.05) is 6.42 Å². The van der Waals surface area contributed by atoms with Crippen LogP contribution in [0, 0.1) is 5.92 Å². The maximum Gasteiger partial charge on any atom is 0.220 e. The Morgan fingerprint density at radius 3 is 2.71 bits per heavy atom. The zero-order valence-corrected chi connectivity index (χ0v) is 8.72. The molecule has 14 heavy (non-hydrogen) atoms. The van der Waals surface area contributed by atoms with Crippen LogP contribution in [0.3, 0.4) is 0 Å². The topological polar surface area (TPSA) is 41.1 Å². The molecule has 0 spiro atoms. The van der Waals surface area contributed by atoms with E-state index in [0.717, 1.165) is 25.9 Å². The summed E-state index contributed by atoms with van der Waals surface area (Å²) in [4.78, 5) is 11.6. The van der Waals surface area contributed by atoms with E-state index in [1.165, 1.54) is 25.7 Å². The van der Waals surface area contributed by atoms with Gasteiger partial charge >= 0.3 is 0 Å². The predicted molar refractivity (Wildman–Crippen MR) is 56.0 cm³/mol. The number of hydrogen-bond acceptors (Lipinski definition) is 2. The van der Waals surface area contributed by atoms with Gasteiger partial charge in [-0.3, -0.25) is 4.79 Å². The summed E-state index contributed by atoms with van der Waals surface area (Å²) < 4.78 is 0. The van der Waals surface area contributed by atoms with Crippen molar-refractivity contribution >= 4 is 5.91 Å². The van der Waals surface area contributed by atoms with Gasteiger partial charge in [0.05, 0.1) is 0 Å². The summed E-state index contributed by atoms with van der Waals surface area (Å²) in [6.07, 6.45) is 6.93. The van der Waals surface area contributed by atoms with E-state index in [1.54, 1.807) is 0 Å². The van der Waals surface area contributed by atoms with Crippen LogP contribution >= 0.6 is 0 Å². The van der Waals surface area contributed by atoms with E-state index in [0.29, 0.717) is 12.0 Å². The Hall–Kier alpha value is -0.570. The van der Waals surface area contributed by atoms with Crippen molar-refractivity contribution < 1.29 is 4.79 Å². The van der Waals surface area contributed by atoms with Crippen LogP contribution in [0.2, 0.25) is 0 Å². The normalized spacial score (nSPS) is 28.1. The molecule has 0 aromatic heterocycles. The monoisotopic (exact) mass is 196 g/mol. The molecule has 1 aliphatic carbocycles. The number of carbonyl (C=O) groups is 1. The lowest BCUT2D eigenvalue weighted by Crippen LogP contribution is -2.46. The van der Waals surface area contributed by atoms with Crippen LogP contribution in [0.25, 0.3) is 0 Å². The highest BCUT2D eigenvalue weighted by molar-refractivity contribution is 5.76. The van der Waals surface area contributed by atoms with E-state index in [9.17, 15) is 4.79 Å². The largest absolute Gasteiger partial charge is 0.352 e. The third-order valence-corrected chi connectivity index (χ3v) is 3.36. The van der Waals surface area contributed by atoms with Crippen LogP contribution in [0.15, 0.2) is 0 Å². The van der Waals surface area contributed by atoms with Crippen molar-refractivity contribution in [1.29, 1.82) is 0 Å². The Bertz CT molecular complexity index is 195. The molecule has 2 aliphatic rings. The van der Waals surface area contributed by atoms with Crippen LogP contribution < -0.4 is 10.6 Å². The van der Waals surface area contributed by atoms with Crippen molar-refractivity contribution in [3.05, 3.63) is 0 Å². The molecule has 0 unspecified atom stereocenters. The minimum absolute atomic E-state index is 0.267. The molecular formula is C11H20N2O. The Morgan fingerprint density at radius 2 is 2.14 bits per heavy atom. The van der Waals surface area contributed by atoms with Crippen molar-refractivity contribution in [1.82, 2.24) is 10.6 Å². The van der Waals surface area contributed by atoms with Gasteiger partial charge in [-0.15, -0.1) is 0 Å². The predicted octanol–water partition coefficient (Wildman–Crippen LogP) is 1.04. The standard InChI is InChI=1S/C11H20N2O/c14-11(7-9-3-1-4-9)13-10-5-2-6-12-8-10/h9-10,12H,1-8H2,(H,13,14)/t10-/m0/s1. The summed E-state index contributed by atoms with van der Waals surface area (Å²) in [5, 5.41) is 6.42. The maximum atomic E-state index is 11.6. The second kappa shape index (κ2) is 4.78. The Morgan fingerprint density at radius 1 is 1.29 bits per heavy atom. The third kappa shape index (κ3) is 2.71. The number of hydrogen-bond donors (Lipinski definition) is 2. The smallest absolute Gasteiger partial charge is 0.220 e. The highest BCUT2D eigenvalue weighted by Crippen LogP contribution is 2.29. The SMILES string of the molecule is O=C(CC1CCC1)N[C@H]1CCCNC1. The van der Waals surface area contributed by atoms with E-state index < -0.39 is 0 Å². The first-order chi connectivity index (χ1) is 6.84. The van der Waals surface area contributed by atoms with Gasteiger partial charge in [-0.25, -0.2) is 0 Å². The van der Waals surface area contributed by atoms with E-state index in [-0.39, 0.29) is 5.91 Å². The average Bonchev–Trinajstić information content (AvgIpc) is 2.13. The van der Waals surface area contributed by atoms with Crippen LogP contribution in [0.5, 0.6) is 0 Å². The lowest BCUT2D eigenvalue weighted by Gasteiger charge is -2.27. The van der Waals surface area contributed by atoms with Gasteiger partial charge in [0.15, 0.2) is 0 Å². The molecule has 1 heterocycles. The fraction of sp³-hybridized carbons (Fsp3) is 0.909. The molecule has 1 amide bonds. The van der Waals surface area contributed by atoms with Crippen LogP contribution in [-0.4, -0.2) is 25.0 Å². The summed E-state index contributed by atoms with van der Waals surface area (Å²) >= 11 is 0.